The Morgan fingerprint density at radius 3 is 2.45 bits per heavy atom. The van der Waals surface area contributed by atoms with E-state index in [9.17, 15) is 18.7 Å². The number of hydrogen-bond acceptors (Lipinski definition) is 3. The molecule has 2 rings (SSSR count). The average molecular weight is 319 g/mol. The van der Waals surface area contributed by atoms with E-state index in [1.807, 2.05) is 0 Å². The fourth-order valence-corrected chi connectivity index (χ4v) is 1.92. The summed E-state index contributed by atoms with van der Waals surface area (Å²) in [6.45, 7) is 0. The minimum Gasteiger partial charge on any atom is -0.505 e. The predicted octanol–water partition coefficient (Wildman–Crippen LogP) is 3.62. The number of nitrogens with one attached hydrogen (secondary N) is 1. The van der Waals surface area contributed by atoms with Crippen LogP contribution in [0.15, 0.2) is 24.4 Å². The number of nitrogens with zero attached hydrogens (tertiary/aromatic N) is 1. The van der Waals surface area contributed by atoms with E-state index >= 15 is 0 Å². The molecule has 104 valence electrons. The number of rotatable bonds is 2. The summed E-state index contributed by atoms with van der Waals surface area (Å²) >= 11 is 11.4. The first-order valence-corrected chi connectivity index (χ1v) is 5.95. The molecule has 0 bridgehead atoms. The average Bonchev–Trinajstić information content (AvgIpc) is 2.39. The Bertz CT molecular complexity index is 672. The fourth-order valence-electron chi connectivity index (χ4n) is 1.43. The van der Waals surface area contributed by atoms with Crippen molar-refractivity contribution < 1.29 is 18.7 Å². The quantitative estimate of drug-likeness (QED) is 0.656. The van der Waals surface area contributed by atoms with Crippen LogP contribution in [-0.4, -0.2) is 16.0 Å². The van der Waals surface area contributed by atoms with Crippen LogP contribution in [0.3, 0.4) is 0 Å². The van der Waals surface area contributed by atoms with Gasteiger partial charge in [-0.3, -0.25) is 4.79 Å². The highest BCUT2D eigenvalue weighted by molar-refractivity contribution is 6.37. The summed E-state index contributed by atoms with van der Waals surface area (Å²) in [5.74, 6) is -3.98. The van der Waals surface area contributed by atoms with Gasteiger partial charge in [-0.1, -0.05) is 23.2 Å². The SMILES string of the molecule is O=C(Nc1cc(Cl)c(O)c(Cl)c1)c1ccnc(F)c1F. The molecule has 2 N–H and O–H groups in total. The minimum atomic E-state index is -1.38. The molecule has 0 atom stereocenters. The molecule has 1 aromatic carbocycles. The van der Waals surface area contributed by atoms with Gasteiger partial charge in [0.1, 0.15) is 0 Å². The van der Waals surface area contributed by atoms with E-state index < -0.39 is 23.2 Å². The van der Waals surface area contributed by atoms with Crippen molar-refractivity contribution in [1.29, 1.82) is 0 Å². The van der Waals surface area contributed by atoms with Gasteiger partial charge in [-0.15, -0.1) is 0 Å². The van der Waals surface area contributed by atoms with E-state index in [1.165, 1.54) is 12.1 Å². The van der Waals surface area contributed by atoms with Gasteiger partial charge in [0.2, 0.25) is 5.95 Å². The van der Waals surface area contributed by atoms with Gasteiger partial charge in [-0.2, -0.15) is 4.39 Å². The number of anilines is 1. The second-order valence-corrected chi connectivity index (χ2v) is 4.52. The molecule has 8 heteroatoms. The molecule has 0 aliphatic heterocycles. The Kier molecular flexibility index (Phi) is 4.06. The van der Waals surface area contributed by atoms with Crippen LogP contribution in [0.1, 0.15) is 10.4 Å². The van der Waals surface area contributed by atoms with Crippen LogP contribution in [0.2, 0.25) is 10.0 Å². The van der Waals surface area contributed by atoms with E-state index in [1.54, 1.807) is 0 Å². The van der Waals surface area contributed by atoms with Crippen LogP contribution in [0.4, 0.5) is 14.5 Å². The summed E-state index contributed by atoms with van der Waals surface area (Å²) in [6.07, 6.45) is 0.962. The van der Waals surface area contributed by atoms with Gasteiger partial charge in [-0.05, 0) is 18.2 Å². The van der Waals surface area contributed by atoms with Crippen LogP contribution >= 0.6 is 23.2 Å². The second kappa shape index (κ2) is 5.60. The fraction of sp³-hybridized carbons (Fsp3) is 0. The topological polar surface area (TPSA) is 62.2 Å². The number of benzene rings is 1. The van der Waals surface area contributed by atoms with Gasteiger partial charge in [0, 0.05) is 11.9 Å². The Morgan fingerprint density at radius 1 is 1.25 bits per heavy atom. The van der Waals surface area contributed by atoms with E-state index in [-0.39, 0.29) is 21.5 Å². The first kappa shape index (κ1) is 14.5. The van der Waals surface area contributed by atoms with Crippen LogP contribution in [0.25, 0.3) is 0 Å². The Morgan fingerprint density at radius 2 is 1.85 bits per heavy atom. The zero-order valence-corrected chi connectivity index (χ0v) is 11.1. The monoisotopic (exact) mass is 318 g/mol. The number of halogens is 4. The molecule has 0 aliphatic rings. The summed E-state index contributed by atoms with van der Waals surface area (Å²) in [5.41, 5.74) is -0.391. The first-order chi connectivity index (χ1) is 9.40. The maximum atomic E-state index is 13.4. The van der Waals surface area contributed by atoms with Gasteiger partial charge < -0.3 is 10.4 Å². The van der Waals surface area contributed by atoms with Crippen molar-refractivity contribution in [2.24, 2.45) is 0 Å². The number of phenols is 1. The zero-order valence-electron chi connectivity index (χ0n) is 9.62. The Labute approximate surface area is 122 Å². The Hall–Kier alpha value is -1.92. The standard InChI is InChI=1S/C12H6Cl2F2N2O2/c13-7-3-5(4-8(14)10(7)19)18-12(20)6-1-2-17-11(16)9(6)15/h1-4,19H,(H,18,20). The van der Waals surface area contributed by atoms with E-state index in [0.29, 0.717) is 0 Å². The number of aromatic nitrogens is 1. The minimum absolute atomic E-state index is 0.0887. The van der Waals surface area contributed by atoms with Crippen molar-refractivity contribution in [1.82, 2.24) is 4.98 Å². The maximum absolute atomic E-state index is 13.4. The lowest BCUT2D eigenvalue weighted by Crippen LogP contribution is -2.15. The number of hydrogen-bond donors (Lipinski definition) is 2. The van der Waals surface area contributed by atoms with Crippen LogP contribution in [0, 0.1) is 11.8 Å². The van der Waals surface area contributed by atoms with Crippen molar-refractivity contribution in [2.75, 3.05) is 5.32 Å². The lowest BCUT2D eigenvalue weighted by Gasteiger charge is -2.08. The van der Waals surface area contributed by atoms with Crippen LogP contribution in [-0.2, 0) is 0 Å². The van der Waals surface area contributed by atoms with Gasteiger partial charge in [0.15, 0.2) is 11.6 Å². The first-order valence-electron chi connectivity index (χ1n) is 5.19. The van der Waals surface area contributed by atoms with Crippen molar-refractivity contribution in [3.05, 3.63) is 51.8 Å². The number of pyridine rings is 1. The van der Waals surface area contributed by atoms with E-state index in [2.05, 4.69) is 10.3 Å². The third-order valence-electron chi connectivity index (χ3n) is 2.37. The largest absolute Gasteiger partial charge is 0.505 e. The van der Waals surface area contributed by atoms with Crippen LogP contribution in [0.5, 0.6) is 5.75 Å². The molecular formula is C12H6Cl2F2N2O2. The molecule has 1 amide bonds. The molecule has 0 saturated heterocycles. The summed E-state index contributed by atoms with van der Waals surface area (Å²) in [6, 6.07) is 3.46. The summed E-state index contributed by atoms with van der Waals surface area (Å²) in [5, 5.41) is 11.5. The van der Waals surface area contributed by atoms with Gasteiger partial charge in [-0.25, -0.2) is 9.37 Å². The third-order valence-corrected chi connectivity index (χ3v) is 2.94. The lowest BCUT2D eigenvalue weighted by atomic mass is 10.2. The van der Waals surface area contributed by atoms with E-state index in [4.69, 9.17) is 23.2 Å². The number of carbonyl (C=O) groups is 1. The number of carbonyl (C=O) groups excluding carboxylic acids is 1. The highest BCUT2D eigenvalue weighted by atomic mass is 35.5. The van der Waals surface area contributed by atoms with Crippen molar-refractivity contribution in [3.8, 4) is 5.75 Å². The van der Waals surface area contributed by atoms with Crippen molar-refractivity contribution >= 4 is 34.8 Å². The molecule has 1 aromatic heterocycles. The van der Waals surface area contributed by atoms with Crippen molar-refractivity contribution in [3.63, 3.8) is 0 Å². The summed E-state index contributed by atoms with van der Waals surface area (Å²) in [7, 11) is 0. The zero-order chi connectivity index (χ0) is 14.9. The smallest absolute Gasteiger partial charge is 0.258 e. The molecule has 2 aromatic rings. The van der Waals surface area contributed by atoms with Gasteiger partial charge in [0.25, 0.3) is 5.91 Å². The van der Waals surface area contributed by atoms with E-state index in [0.717, 1.165) is 12.3 Å². The van der Waals surface area contributed by atoms with Gasteiger partial charge >= 0.3 is 0 Å². The molecule has 0 fully saturated rings. The molecule has 1 heterocycles. The maximum Gasteiger partial charge on any atom is 0.258 e. The number of aromatic hydroxyl groups is 1. The molecule has 0 radical (unpaired) electrons. The molecule has 0 unspecified atom stereocenters. The highest BCUT2D eigenvalue weighted by Crippen LogP contribution is 2.34. The molecular weight excluding hydrogens is 313 g/mol. The molecule has 0 saturated carbocycles. The number of phenolic OH excluding ortho intramolecular Hbond substituents is 1. The molecule has 20 heavy (non-hydrogen) atoms. The highest BCUT2D eigenvalue weighted by Gasteiger charge is 2.17. The summed E-state index contributed by atoms with van der Waals surface area (Å²) < 4.78 is 26.3. The molecule has 4 nitrogen and oxygen atoms in total. The van der Waals surface area contributed by atoms with Crippen molar-refractivity contribution in [2.45, 2.75) is 0 Å². The third kappa shape index (κ3) is 2.81. The predicted molar refractivity (Wildman–Crippen MR) is 70.2 cm³/mol. The number of amides is 1. The van der Waals surface area contributed by atoms with Crippen LogP contribution < -0.4 is 5.32 Å². The molecule has 0 spiro atoms. The lowest BCUT2D eigenvalue weighted by molar-refractivity contribution is 0.102. The summed E-state index contributed by atoms with van der Waals surface area (Å²) in [4.78, 5) is 14.9. The second-order valence-electron chi connectivity index (χ2n) is 3.71. The normalized spacial score (nSPS) is 10.4. The molecule has 0 aliphatic carbocycles. The van der Waals surface area contributed by atoms with Gasteiger partial charge in [0.05, 0.1) is 15.6 Å². The Balaban J connectivity index is 2.30.